The van der Waals surface area contributed by atoms with Crippen LogP contribution < -0.4 is 14.4 Å². The van der Waals surface area contributed by atoms with Crippen LogP contribution in [0.1, 0.15) is 0 Å². The van der Waals surface area contributed by atoms with Crippen molar-refractivity contribution in [2.75, 3.05) is 22.4 Å². The Labute approximate surface area is 149 Å². The number of rotatable bonds is 4. The quantitative estimate of drug-likeness (QED) is 0.640. The molecule has 2 aromatic rings. The largest absolute Gasteiger partial charge is 0.476 e. The molecule has 0 spiro atoms. The number of nitro groups is 1. The molecule has 1 aliphatic rings. The molecule has 2 aromatic carbocycles. The number of hydrogen-bond donors (Lipinski definition) is 1. The summed E-state index contributed by atoms with van der Waals surface area (Å²) in [6.07, 6.45) is -0.0520. The van der Waals surface area contributed by atoms with Crippen molar-refractivity contribution in [3.05, 3.63) is 58.6 Å². The number of anilines is 2. The number of para-hydroxylation sites is 2. The molecule has 26 heavy (non-hydrogen) atoms. The minimum absolute atomic E-state index is 0.171. The normalized spacial score (nSPS) is 16.3. The highest BCUT2D eigenvalue weighted by Gasteiger charge is 2.34. The number of hydrogen-bond acceptors (Lipinski definition) is 6. The van der Waals surface area contributed by atoms with Gasteiger partial charge in [-0.15, -0.1) is 0 Å². The molecule has 0 aliphatic carbocycles. The fourth-order valence-corrected chi connectivity index (χ4v) is 3.49. The number of sulfonamides is 1. The summed E-state index contributed by atoms with van der Waals surface area (Å²) in [6, 6.07) is 11.9. The Kier molecular flexibility index (Phi) is 4.51. The zero-order valence-corrected chi connectivity index (χ0v) is 14.5. The van der Waals surface area contributed by atoms with Gasteiger partial charge in [-0.2, -0.15) is 0 Å². The average molecular weight is 377 g/mol. The lowest BCUT2D eigenvalue weighted by Gasteiger charge is -2.33. The number of nitrogens with one attached hydrogen (secondary N) is 1. The van der Waals surface area contributed by atoms with Crippen LogP contribution in [0.25, 0.3) is 0 Å². The Bertz CT molecular complexity index is 975. The smallest absolute Gasteiger partial charge is 0.271 e. The van der Waals surface area contributed by atoms with Gasteiger partial charge in [0.05, 0.1) is 23.4 Å². The summed E-state index contributed by atoms with van der Waals surface area (Å²) in [5.41, 5.74) is 0.405. The van der Waals surface area contributed by atoms with E-state index in [1.54, 1.807) is 24.3 Å². The molecule has 0 saturated carbocycles. The van der Waals surface area contributed by atoms with Crippen molar-refractivity contribution in [2.45, 2.75) is 6.10 Å². The Hall–Kier alpha value is -3.14. The molecule has 136 valence electrons. The Morgan fingerprint density at radius 3 is 2.69 bits per heavy atom. The summed E-state index contributed by atoms with van der Waals surface area (Å²) in [7, 11) is -3.61. The van der Waals surface area contributed by atoms with Crippen LogP contribution in [0.5, 0.6) is 5.75 Å². The van der Waals surface area contributed by atoms with Crippen molar-refractivity contribution >= 4 is 33.0 Å². The monoisotopic (exact) mass is 377 g/mol. The van der Waals surface area contributed by atoms with Crippen LogP contribution in [-0.4, -0.2) is 38.2 Å². The molecular formula is C16H15N3O6S. The summed E-state index contributed by atoms with van der Waals surface area (Å²) in [5.74, 6) is -0.336. The molecule has 0 bridgehead atoms. The van der Waals surface area contributed by atoms with Gasteiger partial charge >= 0.3 is 0 Å². The highest BCUT2D eigenvalue weighted by Crippen LogP contribution is 2.34. The van der Waals surface area contributed by atoms with Gasteiger partial charge in [-0.25, -0.2) is 8.42 Å². The standard InChI is InChI=1S/C16H15N3O6S/c1-26(23,24)18-10-15(25-14-8-3-2-7-13(14)18)16(20)17-11-5-4-6-12(9-11)19(21)22/h2-9,15H,10H2,1H3,(H,17,20)/t15-/m1/s1. The van der Waals surface area contributed by atoms with Crippen molar-refractivity contribution < 1.29 is 22.9 Å². The molecule has 0 aromatic heterocycles. The summed E-state index contributed by atoms with van der Waals surface area (Å²) in [4.78, 5) is 22.8. The minimum atomic E-state index is -3.61. The van der Waals surface area contributed by atoms with Gasteiger partial charge in [0.25, 0.3) is 11.6 Å². The first-order valence-corrected chi connectivity index (χ1v) is 9.39. The summed E-state index contributed by atoms with van der Waals surface area (Å²) in [6.45, 7) is -0.198. The van der Waals surface area contributed by atoms with Crippen LogP contribution in [0.3, 0.4) is 0 Å². The second-order valence-electron chi connectivity index (χ2n) is 5.67. The van der Waals surface area contributed by atoms with Crippen molar-refractivity contribution in [1.82, 2.24) is 0 Å². The fraction of sp³-hybridized carbons (Fsp3) is 0.188. The van der Waals surface area contributed by atoms with E-state index < -0.39 is 27.0 Å². The third-order valence-corrected chi connectivity index (χ3v) is 4.90. The van der Waals surface area contributed by atoms with E-state index in [4.69, 9.17) is 4.74 Å². The van der Waals surface area contributed by atoms with E-state index in [1.807, 2.05) is 0 Å². The van der Waals surface area contributed by atoms with Gasteiger partial charge in [0.15, 0.2) is 6.10 Å². The van der Waals surface area contributed by atoms with E-state index in [9.17, 15) is 23.3 Å². The molecule has 0 fully saturated rings. The maximum absolute atomic E-state index is 12.5. The lowest BCUT2D eigenvalue weighted by molar-refractivity contribution is -0.384. The zero-order valence-electron chi connectivity index (χ0n) is 13.7. The molecule has 9 nitrogen and oxygen atoms in total. The number of carbonyl (C=O) groups excluding carboxylic acids is 1. The van der Waals surface area contributed by atoms with E-state index in [0.717, 1.165) is 10.6 Å². The molecule has 0 unspecified atom stereocenters. The van der Waals surface area contributed by atoms with Gasteiger partial charge in [0.1, 0.15) is 5.75 Å². The first-order chi connectivity index (χ1) is 12.3. The van der Waals surface area contributed by atoms with Crippen LogP contribution in [0.4, 0.5) is 17.1 Å². The second-order valence-corrected chi connectivity index (χ2v) is 7.57. The van der Waals surface area contributed by atoms with Gasteiger partial charge in [-0.3, -0.25) is 19.2 Å². The maximum Gasteiger partial charge on any atom is 0.271 e. The molecule has 10 heteroatoms. The van der Waals surface area contributed by atoms with Crippen molar-refractivity contribution in [3.8, 4) is 5.75 Å². The van der Waals surface area contributed by atoms with Gasteiger partial charge in [0, 0.05) is 17.8 Å². The molecular weight excluding hydrogens is 362 g/mol. The van der Waals surface area contributed by atoms with Gasteiger partial charge in [-0.1, -0.05) is 18.2 Å². The number of benzene rings is 2. The SMILES string of the molecule is CS(=O)(=O)N1C[C@H](C(=O)Nc2cccc([N+](=O)[O-])c2)Oc2ccccc21. The van der Waals surface area contributed by atoms with Gasteiger partial charge in [-0.05, 0) is 18.2 Å². The summed E-state index contributed by atoms with van der Waals surface area (Å²) < 4.78 is 30.8. The summed E-state index contributed by atoms with van der Waals surface area (Å²) in [5, 5.41) is 13.3. The highest BCUT2D eigenvalue weighted by atomic mass is 32.2. The van der Waals surface area contributed by atoms with Crippen LogP contribution in [0.2, 0.25) is 0 Å². The zero-order chi connectivity index (χ0) is 18.9. The van der Waals surface area contributed by atoms with Crippen LogP contribution in [0.15, 0.2) is 48.5 Å². The topological polar surface area (TPSA) is 119 Å². The average Bonchev–Trinajstić information content (AvgIpc) is 2.60. The number of nitrogens with zero attached hydrogens (tertiary/aromatic N) is 2. The third-order valence-electron chi connectivity index (χ3n) is 3.75. The van der Waals surface area contributed by atoms with E-state index in [0.29, 0.717) is 5.69 Å². The predicted octanol–water partition coefficient (Wildman–Crippen LogP) is 1.76. The van der Waals surface area contributed by atoms with Crippen molar-refractivity contribution in [3.63, 3.8) is 0 Å². The van der Waals surface area contributed by atoms with Gasteiger partial charge in [0.2, 0.25) is 10.0 Å². The Morgan fingerprint density at radius 2 is 2.00 bits per heavy atom. The van der Waals surface area contributed by atoms with E-state index in [1.165, 1.54) is 24.3 Å². The lowest BCUT2D eigenvalue weighted by atomic mass is 10.2. The molecule has 3 rings (SSSR count). The van der Waals surface area contributed by atoms with E-state index in [-0.39, 0.29) is 23.7 Å². The summed E-state index contributed by atoms with van der Waals surface area (Å²) >= 11 is 0. The minimum Gasteiger partial charge on any atom is -0.476 e. The van der Waals surface area contributed by atoms with E-state index >= 15 is 0 Å². The number of ether oxygens (including phenoxy) is 1. The Balaban J connectivity index is 1.85. The highest BCUT2D eigenvalue weighted by molar-refractivity contribution is 7.92. The number of non-ortho nitro benzene ring substituents is 1. The van der Waals surface area contributed by atoms with Crippen molar-refractivity contribution in [1.29, 1.82) is 0 Å². The molecule has 1 heterocycles. The number of nitro benzene ring substituents is 1. The fourth-order valence-electron chi connectivity index (χ4n) is 2.57. The van der Waals surface area contributed by atoms with Crippen LogP contribution >= 0.6 is 0 Å². The Morgan fingerprint density at radius 1 is 1.27 bits per heavy atom. The lowest BCUT2D eigenvalue weighted by Crippen LogP contribution is -2.48. The van der Waals surface area contributed by atoms with E-state index in [2.05, 4.69) is 5.32 Å². The molecule has 1 aliphatic heterocycles. The number of carbonyl (C=O) groups is 1. The second kappa shape index (κ2) is 6.64. The van der Waals surface area contributed by atoms with Crippen molar-refractivity contribution in [2.24, 2.45) is 0 Å². The molecule has 0 radical (unpaired) electrons. The molecule has 0 saturated heterocycles. The predicted molar refractivity (Wildman–Crippen MR) is 94.8 cm³/mol. The first kappa shape index (κ1) is 17.7. The molecule has 1 atom stereocenters. The van der Waals surface area contributed by atoms with Gasteiger partial charge < -0.3 is 10.1 Å². The first-order valence-electron chi connectivity index (χ1n) is 7.54. The van der Waals surface area contributed by atoms with Crippen LogP contribution in [-0.2, 0) is 14.8 Å². The number of amides is 1. The number of fused-ring (bicyclic) bond motifs is 1. The van der Waals surface area contributed by atoms with Crippen LogP contribution in [0, 0.1) is 10.1 Å². The molecule has 1 amide bonds. The maximum atomic E-state index is 12.5. The molecule has 1 N–H and O–H groups in total. The third kappa shape index (κ3) is 3.59.